The third-order valence-corrected chi connectivity index (χ3v) is 6.44. The molecule has 0 aromatic carbocycles. The van der Waals surface area contributed by atoms with Crippen molar-refractivity contribution in [2.75, 3.05) is 20.3 Å². The monoisotopic (exact) mass is 295 g/mol. The maximum atomic E-state index is 12.4. The minimum atomic E-state index is -3.40. The highest BCUT2D eigenvalue weighted by molar-refractivity contribution is 7.91. The minimum Gasteiger partial charge on any atom is -0.383 e. The summed E-state index contributed by atoms with van der Waals surface area (Å²) in [6.07, 6.45) is 1.73. The summed E-state index contributed by atoms with van der Waals surface area (Å²) in [5.41, 5.74) is 0. The topological polar surface area (TPSA) is 46.6 Å². The van der Waals surface area contributed by atoms with Crippen molar-refractivity contribution in [1.82, 2.24) is 4.31 Å². The van der Waals surface area contributed by atoms with Crippen LogP contribution in [0.3, 0.4) is 0 Å². The zero-order chi connectivity index (χ0) is 12.5. The lowest BCUT2D eigenvalue weighted by Crippen LogP contribution is -2.37. The largest absolute Gasteiger partial charge is 0.383 e. The smallest absolute Gasteiger partial charge is 0.252 e. The average Bonchev–Trinajstić information content (AvgIpc) is 2.87. The zero-order valence-corrected chi connectivity index (χ0v) is 11.8. The molecule has 0 amide bonds. The van der Waals surface area contributed by atoms with Gasteiger partial charge in [-0.3, -0.25) is 0 Å². The summed E-state index contributed by atoms with van der Waals surface area (Å²) >= 11 is 6.88. The first-order chi connectivity index (χ1) is 8.05. The highest BCUT2D eigenvalue weighted by Crippen LogP contribution is 2.32. The highest BCUT2D eigenvalue weighted by atomic mass is 35.5. The number of halogens is 1. The fourth-order valence-corrected chi connectivity index (χ4v) is 5.33. The maximum Gasteiger partial charge on any atom is 0.252 e. The van der Waals surface area contributed by atoms with Gasteiger partial charge in [0.05, 0.1) is 10.9 Å². The van der Waals surface area contributed by atoms with E-state index in [4.69, 9.17) is 16.3 Å². The van der Waals surface area contributed by atoms with Crippen LogP contribution in [0.5, 0.6) is 0 Å². The van der Waals surface area contributed by atoms with Gasteiger partial charge in [0, 0.05) is 19.7 Å². The number of nitrogens with zero attached hydrogens (tertiary/aromatic N) is 1. The number of thiophene rings is 1. The Balaban J connectivity index is 2.26. The number of rotatable bonds is 4. The van der Waals surface area contributed by atoms with Crippen molar-refractivity contribution >= 4 is 33.0 Å². The summed E-state index contributed by atoms with van der Waals surface area (Å²) in [6.45, 7) is 1.00. The van der Waals surface area contributed by atoms with E-state index in [2.05, 4.69) is 0 Å². The van der Waals surface area contributed by atoms with Crippen molar-refractivity contribution in [2.45, 2.75) is 23.1 Å². The predicted octanol–water partition coefficient (Wildman–Crippen LogP) is 2.20. The number of hydrogen-bond acceptors (Lipinski definition) is 4. The van der Waals surface area contributed by atoms with Gasteiger partial charge >= 0.3 is 0 Å². The molecule has 0 radical (unpaired) electrons. The summed E-state index contributed by atoms with van der Waals surface area (Å²) in [5, 5.41) is 0. The lowest BCUT2D eigenvalue weighted by molar-refractivity contribution is 0.149. The first kappa shape index (κ1) is 13.3. The number of ether oxygens (including phenoxy) is 1. The van der Waals surface area contributed by atoms with Crippen LogP contribution in [0, 0.1) is 0 Å². The van der Waals surface area contributed by atoms with Gasteiger partial charge in [0.1, 0.15) is 4.21 Å². The van der Waals surface area contributed by atoms with Crippen LogP contribution in [0.1, 0.15) is 12.8 Å². The van der Waals surface area contributed by atoms with E-state index in [9.17, 15) is 8.42 Å². The molecule has 4 nitrogen and oxygen atoms in total. The number of hydrogen-bond donors (Lipinski definition) is 0. The van der Waals surface area contributed by atoms with Crippen LogP contribution >= 0.6 is 22.9 Å². The molecule has 2 heterocycles. The van der Waals surface area contributed by atoms with Gasteiger partial charge in [-0.05, 0) is 25.0 Å². The second kappa shape index (κ2) is 5.24. The Morgan fingerprint density at radius 3 is 2.94 bits per heavy atom. The van der Waals surface area contributed by atoms with Gasteiger partial charge in [-0.1, -0.05) is 11.6 Å². The Bertz CT molecular complexity index is 485. The molecule has 0 aliphatic carbocycles. The highest BCUT2D eigenvalue weighted by Gasteiger charge is 2.35. The maximum absolute atomic E-state index is 12.4. The van der Waals surface area contributed by atoms with E-state index in [1.54, 1.807) is 19.2 Å². The van der Waals surface area contributed by atoms with Gasteiger partial charge in [0.2, 0.25) is 0 Å². The van der Waals surface area contributed by atoms with Crippen molar-refractivity contribution in [3.63, 3.8) is 0 Å². The first-order valence-corrected chi connectivity index (χ1v) is 7.95. The molecule has 0 bridgehead atoms. The van der Waals surface area contributed by atoms with Gasteiger partial charge in [-0.15, -0.1) is 11.3 Å². The van der Waals surface area contributed by atoms with Gasteiger partial charge in [-0.25, -0.2) is 8.42 Å². The molecule has 1 aliphatic heterocycles. The summed E-state index contributed by atoms with van der Waals surface area (Å²) in [7, 11) is -1.81. The molecule has 17 heavy (non-hydrogen) atoms. The predicted molar refractivity (Wildman–Crippen MR) is 68.1 cm³/mol. The second-order valence-corrected chi connectivity index (χ2v) is 7.76. The minimum absolute atomic E-state index is 0.0501. The molecule has 0 spiro atoms. The molecule has 7 heteroatoms. The fraction of sp³-hybridized carbons (Fsp3) is 0.600. The van der Waals surface area contributed by atoms with Crippen molar-refractivity contribution in [3.8, 4) is 0 Å². The zero-order valence-electron chi connectivity index (χ0n) is 9.43. The molecule has 1 aromatic rings. The van der Waals surface area contributed by atoms with Crippen LogP contribution in [0.4, 0.5) is 0 Å². The van der Waals surface area contributed by atoms with Crippen molar-refractivity contribution in [1.29, 1.82) is 0 Å². The van der Waals surface area contributed by atoms with E-state index in [0.717, 1.165) is 24.2 Å². The van der Waals surface area contributed by atoms with E-state index >= 15 is 0 Å². The number of methoxy groups -OCH3 is 1. The Labute approximate surface area is 110 Å². The fourth-order valence-electron chi connectivity index (χ4n) is 2.04. The number of sulfonamides is 1. The molecule has 96 valence electrons. The summed E-state index contributed by atoms with van der Waals surface area (Å²) in [6, 6.07) is 3.12. The Morgan fingerprint density at radius 2 is 2.35 bits per heavy atom. The van der Waals surface area contributed by atoms with E-state index in [0.29, 0.717) is 21.7 Å². The molecule has 1 saturated heterocycles. The van der Waals surface area contributed by atoms with Crippen molar-refractivity contribution in [3.05, 3.63) is 16.5 Å². The molecule has 1 aromatic heterocycles. The Hall–Kier alpha value is -0.140. The van der Waals surface area contributed by atoms with E-state index in [1.807, 2.05) is 0 Å². The molecule has 1 fully saturated rings. The third kappa shape index (κ3) is 2.66. The molecule has 1 aliphatic rings. The van der Waals surface area contributed by atoms with Crippen LogP contribution in [0.2, 0.25) is 4.34 Å². The molecule has 1 atom stereocenters. The van der Waals surface area contributed by atoms with Crippen LogP contribution in [-0.4, -0.2) is 39.0 Å². The Kier molecular flexibility index (Phi) is 4.10. The van der Waals surface area contributed by atoms with Gasteiger partial charge in [0.25, 0.3) is 10.0 Å². The van der Waals surface area contributed by atoms with Crippen LogP contribution in [0.15, 0.2) is 16.3 Å². The summed E-state index contributed by atoms with van der Waals surface area (Å²) < 4.78 is 32.1. The summed E-state index contributed by atoms with van der Waals surface area (Å²) in [5.74, 6) is 0. The van der Waals surface area contributed by atoms with Crippen LogP contribution in [-0.2, 0) is 14.8 Å². The van der Waals surface area contributed by atoms with Crippen molar-refractivity contribution < 1.29 is 13.2 Å². The van der Waals surface area contributed by atoms with Crippen LogP contribution < -0.4 is 0 Å². The molecule has 2 rings (SSSR count). The van der Waals surface area contributed by atoms with Gasteiger partial charge in [0.15, 0.2) is 0 Å². The molecular weight excluding hydrogens is 282 g/mol. The van der Waals surface area contributed by atoms with Crippen molar-refractivity contribution in [2.24, 2.45) is 0 Å². The van der Waals surface area contributed by atoms with Crippen LogP contribution in [0.25, 0.3) is 0 Å². The molecular formula is C10H14ClNO3S2. The first-order valence-electron chi connectivity index (χ1n) is 5.32. The SMILES string of the molecule is COCC1CCCN1S(=O)(=O)c1ccc(Cl)s1. The van der Waals surface area contributed by atoms with Gasteiger partial charge in [-0.2, -0.15) is 4.31 Å². The lowest BCUT2D eigenvalue weighted by Gasteiger charge is -2.22. The normalized spacial score (nSPS) is 22.1. The van der Waals surface area contributed by atoms with Gasteiger partial charge < -0.3 is 4.74 Å². The second-order valence-electron chi connectivity index (χ2n) is 3.93. The lowest BCUT2D eigenvalue weighted by atomic mass is 10.2. The van der Waals surface area contributed by atoms with E-state index < -0.39 is 10.0 Å². The molecule has 0 N–H and O–H groups in total. The quantitative estimate of drug-likeness (QED) is 0.855. The van der Waals surface area contributed by atoms with E-state index in [1.165, 1.54) is 4.31 Å². The Morgan fingerprint density at radius 1 is 1.59 bits per heavy atom. The average molecular weight is 296 g/mol. The molecule has 0 saturated carbocycles. The van der Waals surface area contributed by atoms with E-state index in [-0.39, 0.29) is 6.04 Å². The summed E-state index contributed by atoms with van der Waals surface area (Å²) in [4.78, 5) is 0. The molecule has 1 unspecified atom stereocenters. The standard InChI is InChI=1S/C10H14ClNO3S2/c1-15-7-8-3-2-6-12(8)17(13,14)10-5-4-9(11)16-10/h4-5,8H,2-3,6-7H2,1H3. The third-order valence-electron chi connectivity index (χ3n) is 2.79.